The second kappa shape index (κ2) is 4.01. The quantitative estimate of drug-likeness (QED) is 0.793. The Bertz CT molecular complexity index is 305. The van der Waals surface area contributed by atoms with Crippen molar-refractivity contribution in [1.82, 2.24) is 0 Å². The van der Waals surface area contributed by atoms with Crippen molar-refractivity contribution in [2.24, 2.45) is 0 Å². The number of hydrogen-bond donors (Lipinski definition) is 1. The summed E-state index contributed by atoms with van der Waals surface area (Å²) in [6.45, 7) is 2.11. The first-order chi connectivity index (χ1) is 6.78. The largest absolute Gasteiger partial charge is 0.382 e. The first kappa shape index (κ1) is 9.53. The molecule has 0 heterocycles. The molecule has 1 saturated carbocycles. The average Bonchev–Trinajstić information content (AvgIpc) is 2.10. The molecule has 0 unspecified atom stereocenters. The molecule has 0 aromatic heterocycles. The third kappa shape index (κ3) is 2.07. The molecule has 1 N–H and O–H groups in total. The molecule has 1 aromatic rings. The fourth-order valence-electron chi connectivity index (χ4n) is 1.85. The number of hydrogen-bond acceptors (Lipinski definition) is 2. The van der Waals surface area contributed by atoms with Crippen LogP contribution in [0, 0.1) is 6.92 Å². The minimum Gasteiger partial charge on any atom is -0.382 e. The minimum absolute atomic E-state index is 0.470. The fraction of sp³-hybridized carbons (Fsp3) is 0.500. The molecular formula is C12H17NO. The van der Waals surface area contributed by atoms with E-state index >= 15 is 0 Å². The fourth-order valence-corrected chi connectivity index (χ4v) is 1.85. The van der Waals surface area contributed by atoms with Crippen molar-refractivity contribution in [2.45, 2.75) is 31.9 Å². The monoisotopic (exact) mass is 191 g/mol. The number of ether oxygens (including phenoxy) is 1. The van der Waals surface area contributed by atoms with E-state index in [-0.39, 0.29) is 0 Å². The van der Waals surface area contributed by atoms with E-state index in [4.69, 9.17) is 4.74 Å². The van der Waals surface area contributed by atoms with Crippen LogP contribution in [-0.4, -0.2) is 19.3 Å². The Labute approximate surface area is 85.3 Å². The Morgan fingerprint density at radius 2 is 2.14 bits per heavy atom. The maximum Gasteiger partial charge on any atom is 0.0610 e. The molecule has 0 atom stereocenters. The van der Waals surface area contributed by atoms with Crippen molar-refractivity contribution in [3.05, 3.63) is 29.8 Å². The molecule has 0 spiro atoms. The van der Waals surface area contributed by atoms with E-state index in [1.165, 1.54) is 11.3 Å². The molecule has 76 valence electrons. The highest BCUT2D eigenvalue weighted by Crippen LogP contribution is 2.26. The topological polar surface area (TPSA) is 21.3 Å². The van der Waals surface area contributed by atoms with Gasteiger partial charge in [0.1, 0.15) is 0 Å². The number of rotatable bonds is 3. The summed E-state index contributed by atoms with van der Waals surface area (Å²) in [4.78, 5) is 0. The first-order valence-electron chi connectivity index (χ1n) is 5.14. The van der Waals surface area contributed by atoms with Crippen LogP contribution in [0.25, 0.3) is 0 Å². The Morgan fingerprint density at radius 3 is 2.79 bits per heavy atom. The van der Waals surface area contributed by atoms with E-state index in [9.17, 15) is 0 Å². The van der Waals surface area contributed by atoms with Gasteiger partial charge in [0, 0.05) is 18.8 Å². The summed E-state index contributed by atoms with van der Waals surface area (Å²) in [7, 11) is 1.79. The molecule has 1 aliphatic carbocycles. The van der Waals surface area contributed by atoms with Gasteiger partial charge in [0.05, 0.1) is 6.10 Å². The summed E-state index contributed by atoms with van der Waals surface area (Å²) in [6.07, 6.45) is 2.73. The first-order valence-corrected chi connectivity index (χ1v) is 5.14. The van der Waals surface area contributed by atoms with Gasteiger partial charge in [-0.3, -0.25) is 0 Å². The van der Waals surface area contributed by atoms with Gasteiger partial charge in [0.2, 0.25) is 0 Å². The lowest BCUT2D eigenvalue weighted by Crippen LogP contribution is -2.40. The summed E-state index contributed by atoms with van der Waals surface area (Å²) in [5.41, 5.74) is 2.53. The number of nitrogens with one attached hydrogen (secondary N) is 1. The van der Waals surface area contributed by atoms with Gasteiger partial charge < -0.3 is 10.1 Å². The number of aryl methyl sites for hydroxylation is 1. The third-order valence-electron chi connectivity index (χ3n) is 2.82. The van der Waals surface area contributed by atoms with Crippen molar-refractivity contribution in [1.29, 1.82) is 0 Å². The van der Waals surface area contributed by atoms with Gasteiger partial charge in [-0.15, -0.1) is 0 Å². The van der Waals surface area contributed by atoms with Gasteiger partial charge in [0.15, 0.2) is 0 Å². The van der Waals surface area contributed by atoms with E-state index in [0.29, 0.717) is 12.1 Å². The number of methoxy groups -OCH3 is 1. The summed E-state index contributed by atoms with van der Waals surface area (Å²) in [6, 6.07) is 9.10. The van der Waals surface area contributed by atoms with Crippen molar-refractivity contribution < 1.29 is 4.74 Å². The SMILES string of the molecule is COC1CC(Nc2cccc(C)c2)C1. The number of anilines is 1. The summed E-state index contributed by atoms with van der Waals surface area (Å²) < 4.78 is 5.24. The molecule has 1 aromatic carbocycles. The standard InChI is InChI=1S/C12H17NO/c1-9-4-3-5-10(6-9)13-11-7-12(8-11)14-2/h3-6,11-13H,7-8H2,1-2H3. The second-order valence-corrected chi connectivity index (χ2v) is 4.04. The highest BCUT2D eigenvalue weighted by Gasteiger charge is 2.28. The van der Waals surface area contributed by atoms with Crippen LogP contribution in [0.5, 0.6) is 0 Å². The van der Waals surface area contributed by atoms with Gasteiger partial charge >= 0.3 is 0 Å². The molecule has 1 aliphatic rings. The number of benzene rings is 1. The average molecular weight is 191 g/mol. The highest BCUT2D eigenvalue weighted by atomic mass is 16.5. The zero-order valence-electron chi connectivity index (χ0n) is 8.79. The van der Waals surface area contributed by atoms with Gasteiger partial charge in [0.25, 0.3) is 0 Å². The second-order valence-electron chi connectivity index (χ2n) is 4.04. The van der Waals surface area contributed by atoms with Crippen LogP contribution in [0.15, 0.2) is 24.3 Å². The van der Waals surface area contributed by atoms with Gasteiger partial charge in [-0.05, 0) is 37.5 Å². The van der Waals surface area contributed by atoms with Crippen LogP contribution < -0.4 is 5.32 Å². The Hall–Kier alpha value is -1.02. The van der Waals surface area contributed by atoms with Crippen molar-refractivity contribution in [3.8, 4) is 0 Å². The maximum absolute atomic E-state index is 5.24. The summed E-state index contributed by atoms with van der Waals surface area (Å²) in [5, 5.41) is 3.50. The molecule has 2 rings (SSSR count). The molecule has 0 bridgehead atoms. The van der Waals surface area contributed by atoms with E-state index in [0.717, 1.165) is 12.8 Å². The summed E-state index contributed by atoms with van der Waals surface area (Å²) >= 11 is 0. The van der Waals surface area contributed by atoms with Gasteiger partial charge in [-0.2, -0.15) is 0 Å². The lowest BCUT2D eigenvalue weighted by atomic mass is 9.89. The predicted octanol–water partition coefficient (Wildman–Crippen LogP) is 2.58. The van der Waals surface area contributed by atoms with Crippen molar-refractivity contribution in [2.75, 3.05) is 12.4 Å². The molecule has 0 saturated heterocycles. The smallest absolute Gasteiger partial charge is 0.0610 e. The third-order valence-corrected chi connectivity index (χ3v) is 2.82. The molecule has 2 heteroatoms. The van der Waals surface area contributed by atoms with E-state index < -0.39 is 0 Å². The van der Waals surface area contributed by atoms with Crippen molar-refractivity contribution >= 4 is 5.69 Å². The highest BCUT2D eigenvalue weighted by molar-refractivity contribution is 5.46. The van der Waals surface area contributed by atoms with Gasteiger partial charge in [-0.1, -0.05) is 12.1 Å². The maximum atomic E-state index is 5.24. The predicted molar refractivity (Wildman–Crippen MR) is 58.6 cm³/mol. The molecule has 2 nitrogen and oxygen atoms in total. The van der Waals surface area contributed by atoms with E-state index in [1.54, 1.807) is 7.11 Å². The zero-order chi connectivity index (χ0) is 9.97. The normalized spacial score (nSPS) is 25.6. The molecule has 0 aliphatic heterocycles. The van der Waals surface area contributed by atoms with Gasteiger partial charge in [-0.25, -0.2) is 0 Å². The Kier molecular flexibility index (Phi) is 2.73. The Balaban J connectivity index is 1.87. The van der Waals surface area contributed by atoms with Crippen LogP contribution in [-0.2, 0) is 4.74 Å². The van der Waals surface area contributed by atoms with Crippen LogP contribution in [0.4, 0.5) is 5.69 Å². The minimum atomic E-state index is 0.470. The Morgan fingerprint density at radius 1 is 1.36 bits per heavy atom. The zero-order valence-corrected chi connectivity index (χ0v) is 8.79. The molecule has 0 amide bonds. The van der Waals surface area contributed by atoms with Crippen LogP contribution in [0.3, 0.4) is 0 Å². The molecule has 1 fully saturated rings. The molecule has 0 radical (unpaired) electrons. The van der Waals surface area contributed by atoms with Crippen molar-refractivity contribution in [3.63, 3.8) is 0 Å². The van der Waals surface area contributed by atoms with E-state index in [2.05, 4.69) is 36.5 Å². The van der Waals surface area contributed by atoms with Crippen LogP contribution in [0.1, 0.15) is 18.4 Å². The lowest BCUT2D eigenvalue weighted by Gasteiger charge is -2.35. The van der Waals surface area contributed by atoms with E-state index in [1.807, 2.05) is 0 Å². The lowest BCUT2D eigenvalue weighted by molar-refractivity contribution is 0.0329. The molecular weight excluding hydrogens is 174 g/mol. The molecule has 14 heavy (non-hydrogen) atoms. The summed E-state index contributed by atoms with van der Waals surface area (Å²) in [5.74, 6) is 0. The van der Waals surface area contributed by atoms with Crippen LogP contribution in [0.2, 0.25) is 0 Å². The van der Waals surface area contributed by atoms with Crippen LogP contribution >= 0.6 is 0 Å².